The van der Waals surface area contributed by atoms with E-state index in [1.807, 2.05) is 25.7 Å². The lowest BCUT2D eigenvalue weighted by Crippen LogP contribution is -2.55. The van der Waals surface area contributed by atoms with Crippen molar-refractivity contribution in [3.8, 4) is 0 Å². The van der Waals surface area contributed by atoms with Gasteiger partial charge in [-0.1, -0.05) is 18.9 Å². The van der Waals surface area contributed by atoms with Gasteiger partial charge in [0.15, 0.2) is 0 Å². The van der Waals surface area contributed by atoms with Crippen molar-refractivity contribution >= 4 is 11.9 Å². The maximum Gasteiger partial charge on any atom is 0.318 e. The number of nitrogens with one attached hydrogen (secondary N) is 2. The lowest BCUT2D eigenvalue weighted by molar-refractivity contribution is -0.123. The summed E-state index contributed by atoms with van der Waals surface area (Å²) in [6, 6.07) is 0.225. The summed E-state index contributed by atoms with van der Waals surface area (Å²) in [5, 5.41) is 14.2. The number of amides is 1. The largest absolute Gasteiger partial charge is 0.406 e. The van der Waals surface area contributed by atoms with Crippen LogP contribution in [0.2, 0.25) is 0 Å². The second kappa shape index (κ2) is 6.01. The SMILES string of the molecule is CCNC(C)c1nnc(N2CCNC(=O)C2CC)o1. The van der Waals surface area contributed by atoms with Gasteiger partial charge in [0.2, 0.25) is 11.8 Å². The Morgan fingerprint density at radius 1 is 1.53 bits per heavy atom. The van der Waals surface area contributed by atoms with Crippen molar-refractivity contribution in [2.75, 3.05) is 24.5 Å². The number of anilines is 1. The zero-order valence-corrected chi connectivity index (χ0v) is 11.6. The Morgan fingerprint density at radius 3 is 3.00 bits per heavy atom. The van der Waals surface area contributed by atoms with Crippen molar-refractivity contribution < 1.29 is 9.21 Å². The lowest BCUT2D eigenvalue weighted by atomic mass is 10.1. The normalized spacial score (nSPS) is 21.3. The minimum Gasteiger partial charge on any atom is -0.406 e. The number of carbonyl (C=O) groups excluding carboxylic acids is 1. The molecule has 2 atom stereocenters. The molecular formula is C12H21N5O2. The van der Waals surface area contributed by atoms with Gasteiger partial charge in [0.05, 0.1) is 6.04 Å². The minimum atomic E-state index is -0.225. The first-order valence-electron chi connectivity index (χ1n) is 6.78. The summed E-state index contributed by atoms with van der Waals surface area (Å²) in [6.07, 6.45) is 0.715. The molecule has 1 amide bonds. The highest BCUT2D eigenvalue weighted by molar-refractivity contribution is 5.85. The summed E-state index contributed by atoms with van der Waals surface area (Å²) in [7, 11) is 0. The van der Waals surface area contributed by atoms with Gasteiger partial charge in [0.1, 0.15) is 6.04 Å². The molecule has 1 aliphatic rings. The number of piperazine rings is 1. The fourth-order valence-electron chi connectivity index (χ4n) is 2.26. The second-order valence-corrected chi connectivity index (χ2v) is 4.61. The molecule has 7 nitrogen and oxygen atoms in total. The molecule has 1 saturated heterocycles. The number of rotatable bonds is 5. The number of nitrogens with zero attached hydrogens (tertiary/aromatic N) is 3. The smallest absolute Gasteiger partial charge is 0.318 e. The van der Waals surface area contributed by atoms with Gasteiger partial charge in [-0.2, -0.15) is 0 Å². The highest BCUT2D eigenvalue weighted by Gasteiger charge is 2.31. The van der Waals surface area contributed by atoms with E-state index in [1.165, 1.54) is 0 Å². The third-order valence-corrected chi connectivity index (χ3v) is 3.27. The van der Waals surface area contributed by atoms with E-state index in [1.54, 1.807) is 0 Å². The highest BCUT2D eigenvalue weighted by atomic mass is 16.4. The minimum absolute atomic E-state index is 0.0185. The third kappa shape index (κ3) is 2.86. The van der Waals surface area contributed by atoms with Crippen molar-refractivity contribution in [3.63, 3.8) is 0 Å². The van der Waals surface area contributed by atoms with Gasteiger partial charge in [-0.15, -0.1) is 5.10 Å². The Hall–Kier alpha value is -1.63. The van der Waals surface area contributed by atoms with E-state index in [0.717, 1.165) is 6.54 Å². The zero-order chi connectivity index (χ0) is 13.8. The maximum absolute atomic E-state index is 11.8. The number of aromatic nitrogens is 2. The molecule has 1 aliphatic heterocycles. The predicted molar refractivity (Wildman–Crippen MR) is 70.8 cm³/mol. The number of hydrogen-bond donors (Lipinski definition) is 2. The fraction of sp³-hybridized carbons (Fsp3) is 0.750. The lowest BCUT2D eigenvalue weighted by Gasteiger charge is -2.32. The standard InChI is InChI=1S/C12H21N5O2/c1-4-9-10(18)14-6-7-17(9)12-16-15-11(19-12)8(3)13-5-2/h8-9,13H,4-7H2,1-3H3,(H,14,18). The molecule has 0 aliphatic carbocycles. The van der Waals surface area contributed by atoms with Gasteiger partial charge in [-0.25, -0.2) is 0 Å². The Bertz CT molecular complexity index is 434. The molecule has 0 radical (unpaired) electrons. The summed E-state index contributed by atoms with van der Waals surface area (Å²) in [5.74, 6) is 0.575. The van der Waals surface area contributed by atoms with Crippen LogP contribution in [0.15, 0.2) is 4.42 Å². The third-order valence-electron chi connectivity index (χ3n) is 3.27. The number of hydrogen-bond acceptors (Lipinski definition) is 6. The fourth-order valence-corrected chi connectivity index (χ4v) is 2.26. The van der Waals surface area contributed by atoms with Crippen molar-refractivity contribution in [3.05, 3.63) is 5.89 Å². The molecule has 1 aromatic rings. The topological polar surface area (TPSA) is 83.3 Å². The molecule has 0 spiro atoms. The monoisotopic (exact) mass is 267 g/mol. The van der Waals surface area contributed by atoms with Crippen LogP contribution >= 0.6 is 0 Å². The molecule has 2 N–H and O–H groups in total. The quantitative estimate of drug-likeness (QED) is 0.806. The molecule has 1 fully saturated rings. The van der Waals surface area contributed by atoms with E-state index in [0.29, 0.717) is 31.4 Å². The summed E-state index contributed by atoms with van der Waals surface area (Å²) in [6.45, 7) is 8.11. The van der Waals surface area contributed by atoms with Crippen LogP contribution < -0.4 is 15.5 Å². The van der Waals surface area contributed by atoms with Crippen LogP contribution in [0.3, 0.4) is 0 Å². The summed E-state index contributed by atoms with van der Waals surface area (Å²) in [4.78, 5) is 13.7. The second-order valence-electron chi connectivity index (χ2n) is 4.61. The molecule has 2 rings (SSSR count). The zero-order valence-electron chi connectivity index (χ0n) is 11.6. The van der Waals surface area contributed by atoms with E-state index in [4.69, 9.17) is 4.42 Å². The molecule has 0 bridgehead atoms. The van der Waals surface area contributed by atoms with Crippen LogP contribution in [0.5, 0.6) is 0 Å². The van der Waals surface area contributed by atoms with E-state index >= 15 is 0 Å². The molecule has 0 saturated carbocycles. The Kier molecular flexibility index (Phi) is 4.36. The van der Waals surface area contributed by atoms with Crippen LogP contribution in [-0.4, -0.2) is 41.8 Å². The van der Waals surface area contributed by atoms with Gasteiger partial charge in [-0.05, 0) is 19.9 Å². The van der Waals surface area contributed by atoms with Gasteiger partial charge in [0, 0.05) is 13.1 Å². The van der Waals surface area contributed by atoms with Crippen LogP contribution in [0.25, 0.3) is 0 Å². The number of carbonyl (C=O) groups is 1. The Morgan fingerprint density at radius 2 is 2.32 bits per heavy atom. The maximum atomic E-state index is 11.8. The van der Waals surface area contributed by atoms with Gasteiger partial charge >= 0.3 is 6.01 Å². The van der Waals surface area contributed by atoms with Gasteiger partial charge in [0.25, 0.3) is 0 Å². The van der Waals surface area contributed by atoms with Crippen LogP contribution in [0.1, 0.15) is 39.1 Å². The molecule has 106 valence electrons. The van der Waals surface area contributed by atoms with Gasteiger partial charge < -0.3 is 20.0 Å². The van der Waals surface area contributed by atoms with Crippen LogP contribution in [0, 0.1) is 0 Å². The van der Waals surface area contributed by atoms with Crippen molar-refractivity contribution in [2.45, 2.75) is 39.3 Å². The van der Waals surface area contributed by atoms with Gasteiger partial charge in [-0.3, -0.25) is 4.79 Å². The molecule has 2 unspecified atom stereocenters. The van der Waals surface area contributed by atoms with E-state index < -0.39 is 0 Å². The van der Waals surface area contributed by atoms with Crippen LogP contribution in [-0.2, 0) is 4.79 Å². The van der Waals surface area contributed by atoms with Crippen molar-refractivity contribution in [2.24, 2.45) is 0 Å². The average Bonchev–Trinajstić information content (AvgIpc) is 2.88. The van der Waals surface area contributed by atoms with Crippen molar-refractivity contribution in [1.29, 1.82) is 0 Å². The van der Waals surface area contributed by atoms with E-state index in [9.17, 15) is 4.79 Å². The molecule has 0 aromatic carbocycles. The van der Waals surface area contributed by atoms with E-state index in [-0.39, 0.29) is 18.0 Å². The Labute approximate surface area is 112 Å². The first-order valence-corrected chi connectivity index (χ1v) is 6.78. The van der Waals surface area contributed by atoms with E-state index in [2.05, 4.69) is 20.8 Å². The van der Waals surface area contributed by atoms with Crippen LogP contribution in [0.4, 0.5) is 6.01 Å². The summed E-state index contributed by atoms with van der Waals surface area (Å²) < 4.78 is 5.68. The van der Waals surface area contributed by atoms with Crippen molar-refractivity contribution in [1.82, 2.24) is 20.8 Å². The summed E-state index contributed by atoms with van der Waals surface area (Å²) >= 11 is 0. The predicted octanol–water partition coefficient (Wildman–Crippen LogP) is 0.455. The average molecular weight is 267 g/mol. The first kappa shape index (κ1) is 13.8. The molecule has 1 aromatic heterocycles. The summed E-state index contributed by atoms with van der Waals surface area (Å²) in [5.41, 5.74) is 0. The molecule has 19 heavy (non-hydrogen) atoms. The first-order chi connectivity index (χ1) is 9.17. The highest BCUT2D eigenvalue weighted by Crippen LogP contribution is 2.21. The molecule has 2 heterocycles. The molecular weight excluding hydrogens is 246 g/mol. The molecule has 7 heteroatoms. The Balaban J connectivity index is 2.14.